The van der Waals surface area contributed by atoms with Crippen molar-refractivity contribution in [3.05, 3.63) is 53.6 Å². The molecule has 1 fully saturated rings. The Morgan fingerprint density at radius 1 is 1.10 bits per heavy atom. The van der Waals surface area contributed by atoms with Crippen molar-refractivity contribution in [2.75, 3.05) is 38.1 Å². The fraction of sp³-hybridized carbons (Fsp3) is 0.381. The average Bonchev–Trinajstić information content (AvgIpc) is 3.17. The van der Waals surface area contributed by atoms with E-state index < -0.39 is 6.61 Å². The molecule has 0 amide bonds. The van der Waals surface area contributed by atoms with Gasteiger partial charge < -0.3 is 19.7 Å². The fourth-order valence-electron chi connectivity index (χ4n) is 3.63. The number of ether oxygens (including phenoxy) is 2. The minimum atomic E-state index is -2.82. The van der Waals surface area contributed by atoms with E-state index in [1.165, 1.54) is 23.3 Å². The Morgan fingerprint density at radius 2 is 1.86 bits per heavy atom. The number of hydrogen-bond acceptors (Lipinski definition) is 4. The van der Waals surface area contributed by atoms with E-state index in [4.69, 9.17) is 17.0 Å². The van der Waals surface area contributed by atoms with Crippen molar-refractivity contribution < 1.29 is 18.3 Å². The second-order valence-corrected chi connectivity index (χ2v) is 7.52. The van der Waals surface area contributed by atoms with E-state index in [2.05, 4.69) is 38.1 Å². The molecule has 0 bridgehead atoms. The van der Waals surface area contributed by atoms with Gasteiger partial charge in [-0.15, -0.1) is 0 Å². The number of rotatable bonds is 5. The number of anilines is 1. The molecule has 1 N–H and O–H groups in total. The molecule has 0 aromatic heterocycles. The smallest absolute Gasteiger partial charge is 0.387 e. The first-order valence-corrected chi connectivity index (χ1v) is 10.1. The maximum absolute atomic E-state index is 12.2. The average molecular weight is 419 g/mol. The van der Waals surface area contributed by atoms with Crippen LogP contribution in [0.2, 0.25) is 0 Å². The quantitative estimate of drug-likeness (QED) is 0.745. The molecule has 2 heterocycles. The van der Waals surface area contributed by atoms with Crippen molar-refractivity contribution in [3.8, 4) is 11.5 Å². The summed E-state index contributed by atoms with van der Waals surface area (Å²) >= 11 is 5.51. The first-order valence-electron chi connectivity index (χ1n) is 9.64. The molecule has 0 radical (unpaired) electrons. The molecule has 0 atom stereocenters. The first kappa shape index (κ1) is 19.8. The fourth-order valence-corrected chi connectivity index (χ4v) is 3.93. The van der Waals surface area contributed by atoms with Crippen molar-refractivity contribution in [2.24, 2.45) is 0 Å². The highest BCUT2D eigenvalue weighted by Gasteiger charge is 2.20. The maximum Gasteiger partial charge on any atom is 0.387 e. The van der Waals surface area contributed by atoms with Crippen LogP contribution in [-0.2, 0) is 13.0 Å². The Balaban J connectivity index is 1.25. The van der Waals surface area contributed by atoms with Gasteiger partial charge in [0.1, 0.15) is 11.5 Å². The highest BCUT2D eigenvalue weighted by molar-refractivity contribution is 7.80. The normalized spacial score (nSPS) is 16.4. The molecule has 2 aromatic rings. The predicted molar refractivity (Wildman–Crippen MR) is 112 cm³/mol. The largest absolute Gasteiger partial charge is 0.493 e. The van der Waals surface area contributed by atoms with Gasteiger partial charge in [0.05, 0.1) is 6.61 Å². The van der Waals surface area contributed by atoms with Gasteiger partial charge in [0.2, 0.25) is 0 Å². The summed E-state index contributed by atoms with van der Waals surface area (Å²) in [5, 5.41) is 3.81. The molecule has 2 aliphatic rings. The van der Waals surface area contributed by atoms with Gasteiger partial charge in [-0.3, -0.25) is 4.90 Å². The number of halogens is 2. The zero-order valence-electron chi connectivity index (χ0n) is 15.9. The molecule has 2 aliphatic heterocycles. The summed E-state index contributed by atoms with van der Waals surface area (Å²) in [6.45, 7) is 2.42. The van der Waals surface area contributed by atoms with Crippen LogP contribution < -0.4 is 14.8 Å². The summed E-state index contributed by atoms with van der Waals surface area (Å²) in [6.07, 6.45) is 0.992. The monoisotopic (exact) mass is 419 g/mol. The second-order valence-electron chi connectivity index (χ2n) is 7.14. The van der Waals surface area contributed by atoms with E-state index in [1.807, 2.05) is 0 Å². The third kappa shape index (κ3) is 5.13. The number of nitrogens with one attached hydrogen (secondary N) is 1. The number of piperazine rings is 1. The van der Waals surface area contributed by atoms with Gasteiger partial charge in [-0.05, 0) is 53.7 Å². The SMILES string of the molecule is FC(F)Oc1ccc(NC(=S)N2CCN(Cc3ccc4c(c3)CCO4)CC2)cc1. The van der Waals surface area contributed by atoms with E-state index in [0.29, 0.717) is 5.11 Å². The van der Waals surface area contributed by atoms with E-state index in [9.17, 15) is 8.78 Å². The topological polar surface area (TPSA) is 37.0 Å². The third-order valence-corrected chi connectivity index (χ3v) is 5.51. The molecule has 0 aliphatic carbocycles. The van der Waals surface area contributed by atoms with Crippen LogP contribution in [0.1, 0.15) is 11.1 Å². The van der Waals surface area contributed by atoms with Gasteiger partial charge in [-0.25, -0.2) is 0 Å². The van der Waals surface area contributed by atoms with E-state index in [0.717, 1.165) is 57.2 Å². The first-order chi connectivity index (χ1) is 14.1. The Labute approximate surface area is 174 Å². The second kappa shape index (κ2) is 8.92. The number of alkyl halides is 2. The van der Waals surface area contributed by atoms with Gasteiger partial charge in [0.15, 0.2) is 5.11 Å². The highest BCUT2D eigenvalue weighted by atomic mass is 32.1. The number of nitrogens with zero attached hydrogens (tertiary/aromatic N) is 2. The molecule has 4 rings (SSSR count). The minimum absolute atomic E-state index is 0.128. The van der Waals surface area contributed by atoms with Gasteiger partial charge in [-0.1, -0.05) is 12.1 Å². The van der Waals surface area contributed by atoms with Gasteiger partial charge in [0, 0.05) is 44.8 Å². The minimum Gasteiger partial charge on any atom is -0.493 e. The number of thiocarbonyl (C=S) groups is 1. The molecule has 1 saturated heterocycles. The summed E-state index contributed by atoms with van der Waals surface area (Å²) in [5.41, 5.74) is 3.37. The number of benzene rings is 2. The molecule has 154 valence electrons. The van der Waals surface area contributed by atoms with Crippen LogP contribution in [0.25, 0.3) is 0 Å². The van der Waals surface area contributed by atoms with Crippen molar-refractivity contribution in [1.82, 2.24) is 9.80 Å². The van der Waals surface area contributed by atoms with Gasteiger partial charge in [0.25, 0.3) is 0 Å². The number of fused-ring (bicyclic) bond motifs is 1. The zero-order valence-corrected chi connectivity index (χ0v) is 16.8. The Hall–Kier alpha value is -2.45. The van der Waals surface area contributed by atoms with E-state index >= 15 is 0 Å². The lowest BCUT2D eigenvalue weighted by atomic mass is 10.1. The zero-order chi connectivity index (χ0) is 20.2. The Kier molecular flexibility index (Phi) is 6.10. The highest BCUT2D eigenvalue weighted by Crippen LogP contribution is 2.26. The lowest BCUT2D eigenvalue weighted by molar-refractivity contribution is -0.0498. The Bertz CT molecular complexity index is 856. The molecule has 0 spiro atoms. The van der Waals surface area contributed by atoms with Crippen molar-refractivity contribution in [2.45, 2.75) is 19.6 Å². The van der Waals surface area contributed by atoms with Crippen LogP contribution in [0.3, 0.4) is 0 Å². The van der Waals surface area contributed by atoms with Crippen molar-refractivity contribution in [3.63, 3.8) is 0 Å². The Morgan fingerprint density at radius 3 is 2.59 bits per heavy atom. The molecule has 29 heavy (non-hydrogen) atoms. The standard InChI is InChI=1S/C21H23F2N3O2S/c22-20(23)28-18-4-2-17(3-5-18)24-21(29)26-10-8-25(9-11-26)14-15-1-6-19-16(13-15)7-12-27-19/h1-6,13,20H,7-12,14H2,(H,24,29). The van der Waals surface area contributed by atoms with Crippen LogP contribution in [0.15, 0.2) is 42.5 Å². The molecular formula is C21H23F2N3O2S. The lowest BCUT2D eigenvalue weighted by Crippen LogP contribution is -2.49. The summed E-state index contributed by atoms with van der Waals surface area (Å²) in [4.78, 5) is 4.55. The predicted octanol–water partition coefficient (Wildman–Crippen LogP) is 3.74. The van der Waals surface area contributed by atoms with Crippen LogP contribution in [0.4, 0.5) is 14.5 Å². The molecule has 2 aromatic carbocycles. The van der Waals surface area contributed by atoms with Crippen molar-refractivity contribution >= 4 is 23.0 Å². The van der Waals surface area contributed by atoms with E-state index in [1.54, 1.807) is 12.1 Å². The molecule has 5 nitrogen and oxygen atoms in total. The van der Waals surface area contributed by atoms with E-state index in [-0.39, 0.29) is 5.75 Å². The van der Waals surface area contributed by atoms with Crippen molar-refractivity contribution in [1.29, 1.82) is 0 Å². The van der Waals surface area contributed by atoms with Crippen LogP contribution >= 0.6 is 12.2 Å². The molecule has 0 unspecified atom stereocenters. The van der Waals surface area contributed by atoms with Crippen LogP contribution in [-0.4, -0.2) is 54.3 Å². The van der Waals surface area contributed by atoms with Crippen LogP contribution in [0.5, 0.6) is 11.5 Å². The van der Waals surface area contributed by atoms with Gasteiger partial charge in [-0.2, -0.15) is 8.78 Å². The third-order valence-electron chi connectivity index (χ3n) is 5.15. The summed E-state index contributed by atoms with van der Waals surface area (Å²) in [5.74, 6) is 1.15. The van der Waals surface area contributed by atoms with Gasteiger partial charge >= 0.3 is 6.61 Å². The summed E-state index contributed by atoms with van der Waals surface area (Å²) in [7, 11) is 0. The number of hydrogen-bond donors (Lipinski definition) is 1. The molecular weight excluding hydrogens is 396 g/mol. The summed E-state index contributed by atoms with van der Waals surface area (Å²) in [6, 6.07) is 12.8. The summed E-state index contributed by atoms with van der Waals surface area (Å²) < 4.78 is 34.4. The molecule has 0 saturated carbocycles. The maximum atomic E-state index is 12.2. The van der Waals surface area contributed by atoms with Crippen LogP contribution in [0, 0.1) is 0 Å². The lowest BCUT2D eigenvalue weighted by Gasteiger charge is -2.36. The molecule has 8 heteroatoms.